The molecule has 0 aromatic carbocycles. The Hall–Kier alpha value is -0.810. The van der Waals surface area contributed by atoms with Gasteiger partial charge in [0.25, 0.3) is 0 Å². The quantitative estimate of drug-likeness (QED) is 0.156. The van der Waals surface area contributed by atoms with Gasteiger partial charge in [0.2, 0.25) is 0 Å². The molecule has 186 valence electrons. The molecule has 0 rings (SSSR count). The lowest BCUT2D eigenvalue weighted by molar-refractivity contribution is -0.145. The molecule has 0 heterocycles. The summed E-state index contributed by atoms with van der Waals surface area (Å²) >= 11 is 0. The summed E-state index contributed by atoms with van der Waals surface area (Å²) in [6.45, 7) is 9.68. The summed E-state index contributed by atoms with van der Waals surface area (Å²) in [6, 6.07) is 0. The number of carbonyl (C=O) groups excluding carboxylic acids is 1. The first-order valence-corrected chi connectivity index (χ1v) is 11.6. The monoisotopic (exact) mass is 451 g/mol. The number of hydrogen-bond donors (Lipinski definition) is 1. The molecule has 0 amide bonds. The van der Waals surface area contributed by atoms with Crippen molar-refractivity contribution in [1.29, 1.82) is 0 Å². The van der Waals surface area contributed by atoms with E-state index < -0.39 is 0 Å². The summed E-state index contributed by atoms with van der Waals surface area (Å²) in [5.41, 5.74) is 0. The highest BCUT2D eigenvalue weighted by Gasteiger charge is 2.02. The Bertz CT molecular complexity index is 360. The first-order valence-electron chi connectivity index (χ1n) is 11.6. The zero-order valence-electron chi connectivity index (χ0n) is 19.7. The van der Waals surface area contributed by atoms with Crippen molar-refractivity contribution in [3.05, 3.63) is 0 Å². The highest BCUT2D eigenvalue weighted by Crippen LogP contribution is 2.03. The summed E-state index contributed by atoms with van der Waals surface area (Å²) < 4.78 is 37.4. The van der Waals surface area contributed by atoms with Crippen LogP contribution in [0, 0.1) is 0 Å². The molecule has 0 radical (unpaired) electrons. The normalized spacial score (nSPS) is 11.2. The van der Waals surface area contributed by atoms with Gasteiger partial charge in [0.05, 0.1) is 79.3 Å². The van der Waals surface area contributed by atoms with Crippen LogP contribution in [0.1, 0.15) is 39.0 Å². The molecule has 0 saturated heterocycles. The van der Waals surface area contributed by atoms with Crippen molar-refractivity contribution >= 4 is 5.97 Å². The van der Waals surface area contributed by atoms with Crippen LogP contribution in [0.3, 0.4) is 0 Å². The van der Waals surface area contributed by atoms with E-state index in [0.717, 1.165) is 25.8 Å². The number of esters is 1. The number of unbranched alkanes of at least 4 members (excludes halogenated alkanes) is 3. The van der Waals surface area contributed by atoms with Crippen LogP contribution in [-0.2, 0) is 38.0 Å². The summed E-state index contributed by atoms with van der Waals surface area (Å²) in [5, 5.41) is 3.01. The van der Waals surface area contributed by atoms with E-state index in [0.29, 0.717) is 92.3 Å². The molecule has 0 aromatic rings. The van der Waals surface area contributed by atoms with Gasteiger partial charge in [-0.25, -0.2) is 0 Å². The van der Waals surface area contributed by atoms with Crippen molar-refractivity contribution in [3.8, 4) is 0 Å². The summed E-state index contributed by atoms with van der Waals surface area (Å²) in [5.74, 6) is -0.144. The summed E-state index contributed by atoms with van der Waals surface area (Å²) in [6.07, 6.45) is 4.81. The van der Waals surface area contributed by atoms with Gasteiger partial charge in [-0.1, -0.05) is 26.2 Å². The van der Waals surface area contributed by atoms with Gasteiger partial charge >= 0.3 is 5.97 Å². The van der Waals surface area contributed by atoms with E-state index in [9.17, 15) is 4.79 Å². The Morgan fingerprint density at radius 1 is 0.581 bits per heavy atom. The molecular weight excluding hydrogens is 406 g/mol. The predicted octanol–water partition coefficient (Wildman–Crippen LogP) is 1.82. The van der Waals surface area contributed by atoms with Crippen molar-refractivity contribution in [2.75, 3.05) is 99.5 Å². The van der Waals surface area contributed by atoms with Crippen molar-refractivity contribution in [1.82, 2.24) is 5.32 Å². The van der Waals surface area contributed by atoms with Gasteiger partial charge in [-0.3, -0.25) is 4.79 Å². The lowest BCUT2D eigenvalue weighted by atomic mass is 10.2. The molecule has 0 unspecified atom stereocenters. The Morgan fingerprint density at radius 2 is 1.00 bits per heavy atom. The van der Waals surface area contributed by atoms with Crippen LogP contribution < -0.4 is 5.32 Å². The number of ether oxygens (including phenoxy) is 7. The number of hydrogen-bond acceptors (Lipinski definition) is 9. The topological polar surface area (TPSA) is 93.7 Å². The fourth-order valence-corrected chi connectivity index (χ4v) is 2.36. The van der Waals surface area contributed by atoms with E-state index in [-0.39, 0.29) is 5.97 Å². The third-order valence-electron chi connectivity index (χ3n) is 4.08. The standard InChI is InChI=1S/C22H45NO8/c1-3-4-5-6-7-22(24)31-21-20-30-19-18-29-17-16-28-15-14-27-13-12-26-11-10-25-9-8-23-2/h23H,3-21H2,1-2H3. The third-order valence-corrected chi connectivity index (χ3v) is 4.08. The maximum Gasteiger partial charge on any atom is 0.305 e. The van der Waals surface area contributed by atoms with Gasteiger partial charge in [-0.2, -0.15) is 0 Å². The molecule has 9 heteroatoms. The molecule has 9 nitrogen and oxygen atoms in total. The Labute approximate surface area is 188 Å². The van der Waals surface area contributed by atoms with Crippen molar-refractivity contribution in [2.45, 2.75) is 39.0 Å². The fourth-order valence-electron chi connectivity index (χ4n) is 2.36. The van der Waals surface area contributed by atoms with Crippen LogP contribution in [0.25, 0.3) is 0 Å². The summed E-state index contributed by atoms with van der Waals surface area (Å²) in [4.78, 5) is 11.5. The van der Waals surface area contributed by atoms with E-state index in [1.165, 1.54) is 6.42 Å². The van der Waals surface area contributed by atoms with E-state index >= 15 is 0 Å². The molecule has 0 aliphatic rings. The number of rotatable bonds is 26. The van der Waals surface area contributed by atoms with Crippen LogP contribution >= 0.6 is 0 Å². The minimum atomic E-state index is -0.144. The first-order chi connectivity index (χ1) is 15.3. The van der Waals surface area contributed by atoms with Gasteiger partial charge in [-0.15, -0.1) is 0 Å². The smallest absolute Gasteiger partial charge is 0.305 e. The summed E-state index contributed by atoms with van der Waals surface area (Å²) in [7, 11) is 1.89. The van der Waals surface area contributed by atoms with Crippen LogP contribution in [0.4, 0.5) is 0 Å². The molecule has 0 aliphatic heterocycles. The highest BCUT2D eigenvalue weighted by atomic mass is 16.6. The van der Waals surface area contributed by atoms with Crippen molar-refractivity contribution in [2.24, 2.45) is 0 Å². The lowest BCUT2D eigenvalue weighted by Crippen LogP contribution is -2.17. The Balaban J connectivity index is 3.07. The van der Waals surface area contributed by atoms with E-state index in [2.05, 4.69) is 12.2 Å². The van der Waals surface area contributed by atoms with E-state index in [1.807, 2.05) is 7.05 Å². The molecule has 0 fully saturated rings. The average molecular weight is 452 g/mol. The molecule has 0 aromatic heterocycles. The number of carbonyl (C=O) groups is 1. The van der Waals surface area contributed by atoms with Crippen molar-refractivity contribution < 1.29 is 38.0 Å². The second-order valence-electron chi connectivity index (χ2n) is 6.81. The molecule has 0 atom stereocenters. The second-order valence-corrected chi connectivity index (χ2v) is 6.81. The number of nitrogens with one attached hydrogen (secondary N) is 1. The molecular formula is C22H45NO8. The highest BCUT2D eigenvalue weighted by molar-refractivity contribution is 5.69. The average Bonchev–Trinajstić information content (AvgIpc) is 2.77. The zero-order chi connectivity index (χ0) is 22.7. The lowest BCUT2D eigenvalue weighted by Gasteiger charge is -2.08. The van der Waals surface area contributed by atoms with Crippen molar-refractivity contribution in [3.63, 3.8) is 0 Å². The van der Waals surface area contributed by atoms with Crippen LogP contribution in [-0.4, -0.2) is 105 Å². The third kappa shape index (κ3) is 27.2. The van der Waals surface area contributed by atoms with Crippen LogP contribution in [0.5, 0.6) is 0 Å². The van der Waals surface area contributed by atoms with Crippen LogP contribution in [0.15, 0.2) is 0 Å². The maximum atomic E-state index is 11.5. The Morgan fingerprint density at radius 3 is 1.42 bits per heavy atom. The van der Waals surface area contributed by atoms with E-state index in [4.69, 9.17) is 33.2 Å². The predicted molar refractivity (Wildman–Crippen MR) is 119 cm³/mol. The molecule has 0 bridgehead atoms. The molecule has 0 saturated carbocycles. The second kappa shape index (κ2) is 27.2. The van der Waals surface area contributed by atoms with Gasteiger partial charge < -0.3 is 38.5 Å². The SMILES string of the molecule is CCCCCCC(=O)OCCOCCOCCOCCOCCOCCOCCNC. The molecule has 1 N–H and O–H groups in total. The number of likely N-dealkylation sites (N-methyl/N-ethyl adjacent to an activating group) is 1. The van der Waals surface area contributed by atoms with Gasteiger partial charge in [0.1, 0.15) is 6.61 Å². The van der Waals surface area contributed by atoms with E-state index in [1.54, 1.807) is 0 Å². The first kappa shape index (κ1) is 30.2. The largest absolute Gasteiger partial charge is 0.463 e. The molecule has 0 spiro atoms. The molecule has 31 heavy (non-hydrogen) atoms. The Kier molecular flexibility index (Phi) is 26.5. The minimum absolute atomic E-state index is 0.144. The van der Waals surface area contributed by atoms with Gasteiger partial charge in [-0.05, 0) is 13.5 Å². The maximum absolute atomic E-state index is 11.5. The minimum Gasteiger partial charge on any atom is -0.463 e. The van der Waals surface area contributed by atoms with Gasteiger partial charge in [0, 0.05) is 13.0 Å². The molecule has 0 aliphatic carbocycles. The van der Waals surface area contributed by atoms with Gasteiger partial charge in [0.15, 0.2) is 0 Å². The van der Waals surface area contributed by atoms with Crippen LogP contribution in [0.2, 0.25) is 0 Å². The zero-order valence-corrected chi connectivity index (χ0v) is 19.7. The fraction of sp³-hybridized carbons (Fsp3) is 0.955.